The molecule has 3 rings (SSSR count). The Morgan fingerprint density at radius 1 is 1.04 bits per heavy atom. The van der Waals surface area contributed by atoms with Gasteiger partial charge in [0.2, 0.25) is 0 Å². The molecule has 0 saturated heterocycles. The second-order valence-electron chi connectivity index (χ2n) is 5.51. The van der Waals surface area contributed by atoms with Crippen LogP contribution in [0, 0.1) is 0 Å². The zero-order valence-electron chi connectivity index (χ0n) is 13.8. The number of aromatic nitrogens is 2. The number of ether oxygens (including phenoxy) is 1. The standard InChI is InChI=1S/C16H16BrN3O4S/c1-19-13-6-4-10(8-14(13)20(2)16(19)21)18-25(22,23)11-5-7-15(24-3)12(17)9-11/h4-9,18H,1-3H3. The van der Waals surface area contributed by atoms with E-state index in [2.05, 4.69) is 20.7 Å². The lowest BCUT2D eigenvalue weighted by Crippen LogP contribution is -2.19. The molecule has 0 radical (unpaired) electrons. The van der Waals surface area contributed by atoms with Crippen molar-refractivity contribution in [1.82, 2.24) is 9.13 Å². The van der Waals surface area contributed by atoms with Crippen LogP contribution in [-0.2, 0) is 24.1 Å². The van der Waals surface area contributed by atoms with Gasteiger partial charge < -0.3 is 4.74 Å². The molecular formula is C16H16BrN3O4S. The van der Waals surface area contributed by atoms with Crippen molar-refractivity contribution in [3.8, 4) is 5.75 Å². The van der Waals surface area contributed by atoms with Gasteiger partial charge in [0, 0.05) is 14.1 Å². The molecule has 0 aliphatic heterocycles. The van der Waals surface area contributed by atoms with Gasteiger partial charge in [-0.25, -0.2) is 13.2 Å². The Bertz CT molecular complexity index is 1130. The average Bonchev–Trinajstić information content (AvgIpc) is 2.79. The summed E-state index contributed by atoms with van der Waals surface area (Å²) in [4.78, 5) is 12.1. The molecule has 1 aromatic heterocycles. The van der Waals surface area contributed by atoms with Gasteiger partial charge in [0.05, 0.1) is 33.2 Å². The molecule has 0 saturated carbocycles. The average molecular weight is 426 g/mol. The fourth-order valence-corrected chi connectivity index (χ4v) is 4.37. The Balaban J connectivity index is 2.01. The van der Waals surface area contributed by atoms with E-state index in [0.29, 0.717) is 21.4 Å². The SMILES string of the molecule is COc1ccc(S(=O)(=O)Nc2ccc3c(c2)n(C)c(=O)n3C)cc1Br. The minimum Gasteiger partial charge on any atom is -0.496 e. The van der Waals surface area contributed by atoms with Crippen LogP contribution in [0.25, 0.3) is 11.0 Å². The summed E-state index contributed by atoms with van der Waals surface area (Å²) in [7, 11) is 1.04. The third-order valence-corrected chi connectivity index (χ3v) is 5.96. The van der Waals surface area contributed by atoms with Crippen molar-refractivity contribution < 1.29 is 13.2 Å². The summed E-state index contributed by atoms with van der Waals surface area (Å²) >= 11 is 3.28. The van der Waals surface area contributed by atoms with Gasteiger partial charge in [-0.15, -0.1) is 0 Å². The highest BCUT2D eigenvalue weighted by Gasteiger charge is 2.17. The smallest absolute Gasteiger partial charge is 0.328 e. The lowest BCUT2D eigenvalue weighted by Gasteiger charge is -2.10. The Labute approximate surface area is 153 Å². The number of hydrogen-bond donors (Lipinski definition) is 1. The van der Waals surface area contributed by atoms with Crippen LogP contribution in [0.1, 0.15) is 0 Å². The molecule has 0 fully saturated rings. The maximum absolute atomic E-state index is 12.6. The molecule has 0 spiro atoms. The van der Waals surface area contributed by atoms with Crippen LogP contribution in [0.3, 0.4) is 0 Å². The minimum absolute atomic E-state index is 0.0993. The van der Waals surface area contributed by atoms with Crippen molar-refractivity contribution in [2.45, 2.75) is 4.90 Å². The highest BCUT2D eigenvalue weighted by Crippen LogP contribution is 2.28. The fraction of sp³-hybridized carbons (Fsp3) is 0.188. The molecule has 2 aromatic carbocycles. The Kier molecular flexibility index (Phi) is 4.38. The second-order valence-corrected chi connectivity index (χ2v) is 8.04. The van der Waals surface area contributed by atoms with Gasteiger partial charge in [-0.2, -0.15) is 0 Å². The van der Waals surface area contributed by atoms with Crippen molar-refractivity contribution in [3.05, 3.63) is 51.4 Å². The number of hydrogen-bond acceptors (Lipinski definition) is 4. The Morgan fingerprint density at radius 3 is 2.36 bits per heavy atom. The quantitative estimate of drug-likeness (QED) is 0.695. The van der Waals surface area contributed by atoms with Gasteiger partial charge in [-0.3, -0.25) is 13.9 Å². The van der Waals surface area contributed by atoms with Crippen molar-refractivity contribution in [1.29, 1.82) is 0 Å². The van der Waals surface area contributed by atoms with Crippen LogP contribution in [0.5, 0.6) is 5.75 Å². The first-order valence-corrected chi connectivity index (χ1v) is 9.54. The normalized spacial score (nSPS) is 11.7. The van der Waals surface area contributed by atoms with E-state index in [9.17, 15) is 13.2 Å². The first-order valence-electron chi connectivity index (χ1n) is 7.26. The van der Waals surface area contributed by atoms with Gasteiger partial charge in [0.1, 0.15) is 5.75 Å². The van der Waals surface area contributed by atoms with Crippen molar-refractivity contribution in [3.63, 3.8) is 0 Å². The monoisotopic (exact) mass is 425 g/mol. The van der Waals surface area contributed by atoms with Crippen molar-refractivity contribution in [2.75, 3.05) is 11.8 Å². The molecule has 9 heteroatoms. The Hall–Kier alpha value is -2.26. The van der Waals surface area contributed by atoms with Crippen LogP contribution >= 0.6 is 15.9 Å². The lowest BCUT2D eigenvalue weighted by molar-refractivity contribution is 0.411. The zero-order valence-corrected chi connectivity index (χ0v) is 16.2. The summed E-state index contributed by atoms with van der Waals surface area (Å²) in [6.07, 6.45) is 0. The minimum atomic E-state index is -3.78. The number of benzene rings is 2. The van der Waals surface area contributed by atoms with E-state index in [0.717, 1.165) is 5.52 Å². The highest BCUT2D eigenvalue weighted by atomic mass is 79.9. The number of rotatable bonds is 4. The molecule has 132 valence electrons. The largest absolute Gasteiger partial charge is 0.496 e. The third kappa shape index (κ3) is 3.05. The summed E-state index contributed by atoms with van der Waals surface area (Å²) in [6, 6.07) is 9.46. The first kappa shape index (κ1) is 17.6. The van der Waals surface area contributed by atoms with Gasteiger partial charge in [-0.1, -0.05) is 0 Å². The molecule has 0 amide bonds. The van der Waals surface area contributed by atoms with Crippen molar-refractivity contribution in [2.24, 2.45) is 14.1 Å². The molecule has 0 atom stereocenters. The van der Waals surface area contributed by atoms with E-state index >= 15 is 0 Å². The number of sulfonamides is 1. The maximum Gasteiger partial charge on any atom is 0.328 e. The van der Waals surface area contributed by atoms with Crippen LogP contribution in [-0.4, -0.2) is 24.7 Å². The summed E-state index contributed by atoms with van der Waals surface area (Å²) in [5.41, 5.74) is 1.57. The first-order chi connectivity index (χ1) is 11.7. The van der Waals surface area contributed by atoms with Gasteiger partial charge >= 0.3 is 5.69 Å². The molecule has 1 heterocycles. The molecule has 1 N–H and O–H groups in total. The van der Waals surface area contributed by atoms with Gasteiger partial charge in [0.25, 0.3) is 10.0 Å². The van der Waals surface area contributed by atoms with Gasteiger partial charge in [-0.05, 0) is 52.3 Å². The fourth-order valence-electron chi connectivity index (χ4n) is 2.60. The van der Waals surface area contributed by atoms with Crippen LogP contribution in [0.4, 0.5) is 5.69 Å². The molecule has 0 bridgehead atoms. The van der Waals surface area contributed by atoms with E-state index in [1.54, 1.807) is 38.4 Å². The molecule has 25 heavy (non-hydrogen) atoms. The van der Waals surface area contributed by atoms with Crippen LogP contribution in [0.2, 0.25) is 0 Å². The summed E-state index contributed by atoms with van der Waals surface area (Å²) < 4.78 is 36.4. The summed E-state index contributed by atoms with van der Waals surface area (Å²) in [5.74, 6) is 0.541. The van der Waals surface area contributed by atoms with E-state index in [-0.39, 0.29) is 10.6 Å². The molecule has 7 nitrogen and oxygen atoms in total. The maximum atomic E-state index is 12.6. The molecule has 3 aromatic rings. The number of methoxy groups -OCH3 is 1. The van der Waals surface area contributed by atoms with E-state index in [4.69, 9.17) is 4.74 Å². The van der Waals surface area contributed by atoms with E-state index in [1.165, 1.54) is 28.4 Å². The highest BCUT2D eigenvalue weighted by molar-refractivity contribution is 9.10. The molecule has 0 aliphatic rings. The van der Waals surface area contributed by atoms with Crippen LogP contribution in [0.15, 0.2) is 50.6 Å². The number of anilines is 1. The molecule has 0 aliphatic carbocycles. The van der Waals surface area contributed by atoms with E-state index in [1.807, 2.05) is 0 Å². The number of aryl methyl sites for hydroxylation is 2. The molecular weight excluding hydrogens is 410 g/mol. The second kappa shape index (κ2) is 6.23. The topological polar surface area (TPSA) is 82.3 Å². The van der Waals surface area contributed by atoms with Gasteiger partial charge in [0.15, 0.2) is 0 Å². The predicted molar refractivity (Wildman–Crippen MR) is 99.7 cm³/mol. The number of nitrogens with one attached hydrogen (secondary N) is 1. The number of halogens is 1. The number of imidazole rings is 1. The number of nitrogens with zero attached hydrogens (tertiary/aromatic N) is 2. The summed E-state index contributed by atoms with van der Waals surface area (Å²) in [6.45, 7) is 0. The van der Waals surface area contributed by atoms with Crippen molar-refractivity contribution >= 4 is 42.7 Å². The third-order valence-electron chi connectivity index (χ3n) is 3.96. The number of fused-ring (bicyclic) bond motifs is 1. The van der Waals surface area contributed by atoms with Crippen LogP contribution < -0.4 is 15.1 Å². The lowest BCUT2D eigenvalue weighted by atomic mass is 10.3. The Morgan fingerprint density at radius 2 is 1.72 bits per heavy atom. The summed E-state index contributed by atoms with van der Waals surface area (Å²) in [5, 5.41) is 0. The van der Waals surface area contributed by atoms with E-state index < -0.39 is 10.0 Å². The molecule has 0 unspecified atom stereocenters. The zero-order chi connectivity index (χ0) is 18.4. The predicted octanol–water partition coefficient (Wildman–Crippen LogP) is 2.45.